The molecule has 0 spiro atoms. The minimum Gasteiger partial charge on any atom is -0.464 e. The first-order valence-electron chi connectivity index (χ1n) is 4.86. The van der Waals surface area contributed by atoms with Gasteiger partial charge < -0.3 is 10.1 Å². The van der Waals surface area contributed by atoms with Gasteiger partial charge in [-0.2, -0.15) is 5.10 Å². The second kappa shape index (κ2) is 4.60. The van der Waals surface area contributed by atoms with Gasteiger partial charge in [-0.3, -0.25) is 9.67 Å². The van der Waals surface area contributed by atoms with E-state index < -0.39 is 5.97 Å². The molecule has 0 bridgehead atoms. The molecule has 17 heavy (non-hydrogen) atoms. The van der Waals surface area contributed by atoms with Crippen molar-refractivity contribution in [1.82, 2.24) is 19.7 Å². The standard InChI is InChI=1S/C10H11N5O2/c1-15-4-3-8(14-15)13-9-6-11-5-7(12-9)10(16)17-2/h3-6H,1-2H3,(H,12,13,14). The minimum absolute atomic E-state index is 0.147. The van der Waals surface area contributed by atoms with Crippen LogP contribution in [0, 0.1) is 0 Å². The Bertz CT molecular complexity index is 537. The van der Waals surface area contributed by atoms with Crippen LogP contribution in [0.1, 0.15) is 10.5 Å². The third-order valence-corrected chi connectivity index (χ3v) is 2.00. The van der Waals surface area contributed by atoms with Crippen LogP contribution in [0.3, 0.4) is 0 Å². The first-order chi connectivity index (χ1) is 8.19. The normalized spacial score (nSPS) is 10.0. The smallest absolute Gasteiger partial charge is 0.358 e. The lowest BCUT2D eigenvalue weighted by Gasteiger charge is -2.03. The lowest BCUT2D eigenvalue weighted by molar-refractivity contribution is 0.0593. The molecule has 0 saturated carbocycles. The molecule has 0 saturated heterocycles. The van der Waals surface area contributed by atoms with Crippen LogP contribution < -0.4 is 5.32 Å². The van der Waals surface area contributed by atoms with E-state index >= 15 is 0 Å². The molecule has 0 unspecified atom stereocenters. The number of nitrogens with zero attached hydrogens (tertiary/aromatic N) is 4. The summed E-state index contributed by atoms with van der Waals surface area (Å²) in [4.78, 5) is 19.2. The maximum absolute atomic E-state index is 11.2. The topological polar surface area (TPSA) is 81.9 Å². The highest BCUT2D eigenvalue weighted by atomic mass is 16.5. The van der Waals surface area contributed by atoms with Gasteiger partial charge in [0.15, 0.2) is 17.3 Å². The predicted octanol–water partition coefficient (Wildman–Crippen LogP) is 0.740. The van der Waals surface area contributed by atoms with Crippen molar-refractivity contribution >= 4 is 17.6 Å². The van der Waals surface area contributed by atoms with Crippen molar-refractivity contribution in [1.29, 1.82) is 0 Å². The molecule has 2 heterocycles. The van der Waals surface area contributed by atoms with Crippen molar-refractivity contribution in [3.63, 3.8) is 0 Å². The Balaban J connectivity index is 2.19. The quantitative estimate of drug-likeness (QED) is 0.787. The second-order valence-corrected chi connectivity index (χ2v) is 3.28. The van der Waals surface area contributed by atoms with Gasteiger partial charge in [0.1, 0.15) is 0 Å². The first kappa shape index (κ1) is 11.1. The molecular formula is C10H11N5O2. The van der Waals surface area contributed by atoms with Gasteiger partial charge >= 0.3 is 5.97 Å². The minimum atomic E-state index is -0.526. The van der Waals surface area contributed by atoms with Crippen molar-refractivity contribution in [2.45, 2.75) is 0 Å². The molecule has 88 valence electrons. The first-order valence-corrected chi connectivity index (χ1v) is 4.86. The van der Waals surface area contributed by atoms with E-state index in [1.807, 2.05) is 7.05 Å². The van der Waals surface area contributed by atoms with Crippen LogP contribution in [0.25, 0.3) is 0 Å². The highest BCUT2D eigenvalue weighted by molar-refractivity contribution is 5.87. The molecule has 2 aromatic heterocycles. The highest BCUT2D eigenvalue weighted by Gasteiger charge is 2.08. The fraction of sp³-hybridized carbons (Fsp3) is 0.200. The molecule has 0 aliphatic heterocycles. The molecule has 0 aliphatic carbocycles. The predicted molar refractivity (Wildman–Crippen MR) is 59.9 cm³/mol. The summed E-state index contributed by atoms with van der Waals surface area (Å²) in [5, 5.41) is 7.05. The van der Waals surface area contributed by atoms with Gasteiger partial charge in [0.25, 0.3) is 0 Å². The zero-order valence-electron chi connectivity index (χ0n) is 9.41. The molecule has 0 aromatic carbocycles. The van der Waals surface area contributed by atoms with Gasteiger partial charge in [0.05, 0.1) is 19.5 Å². The lowest BCUT2D eigenvalue weighted by Crippen LogP contribution is -2.07. The summed E-state index contributed by atoms with van der Waals surface area (Å²) in [5.74, 6) is 0.539. The molecule has 0 aliphatic rings. The zero-order chi connectivity index (χ0) is 12.3. The maximum Gasteiger partial charge on any atom is 0.358 e. The summed E-state index contributed by atoms with van der Waals surface area (Å²) in [6, 6.07) is 1.78. The number of esters is 1. The average molecular weight is 233 g/mol. The molecule has 0 fully saturated rings. The Hall–Kier alpha value is -2.44. The number of nitrogens with one attached hydrogen (secondary N) is 1. The molecule has 2 aromatic rings. The Morgan fingerprint density at radius 2 is 2.24 bits per heavy atom. The van der Waals surface area contributed by atoms with Gasteiger partial charge in [-0.1, -0.05) is 0 Å². The number of aromatic nitrogens is 4. The van der Waals surface area contributed by atoms with Crippen molar-refractivity contribution in [3.05, 3.63) is 30.4 Å². The van der Waals surface area contributed by atoms with Gasteiger partial charge in [0, 0.05) is 19.3 Å². The van der Waals surface area contributed by atoms with Crippen LogP contribution in [0.2, 0.25) is 0 Å². The summed E-state index contributed by atoms with van der Waals surface area (Å²) in [6.07, 6.45) is 4.64. The Morgan fingerprint density at radius 3 is 2.88 bits per heavy atom. The van der Waals surface area contributed by atoms with Gasteiger partial charge in [-0.15, -0.1) is 0 Å². The summed E-state index contributed by atoms with van der Waals surface area (Å²) in [5.41, 5.74) is 0.147. The van der Waals surface area contributed by atoms with Gasteiger partial charge in [0.2, 0.25) is 0 Å². The van der Waals surface area contributed by atoms with Crippen molar-refractivity contribution in [3.8, 4) is 0 Å². The monoisotopic (exact) mass is 233 g/mol. The number of methoxy groups -OCH3 is 1. The second-order valence-electron chi connectivity index (χ2n) is 3.28. The third kappa shape index (κ3) is 2.57. The molecule has 0 radical (unpaired) electrons. The Morgan fingerprint density at radius 1 is 1.41 bits per heavy atom. The lowest BCUT2D eigenvalue weighted by atomic mass is 10.4. The maximum atomic E-state index is 11.2. The Kier molecular flexibility index (Phi) is 2.99. The van der Waals surface area contributed by atoms with Crippen LogP contribution in [0.4, 0.5) is 11.6 Å². The third-order valence-electron chi connectivity index (χ3n) is 2.00. The van der Waals surface area contributed by atoms with E-state index in [2.05, 4.69) is 25.1 Å². The van der Waals surface area contributed by atoms with Crippen LogP contribution >= 0.6 is 0 Å². The van der Waals surface area contributed by atoms with E-state index in [4.69, 9.17) is 0 Å². The van der Waals surface area contributed by atoms with Crippen LogP contribution in [-0.4, -0.2) is 32.8 Å². The van der Waals surface area contributed by atoms with E-state index in [0.29, 0.717) is 11.6 Å². The number of hydrogen-bond acceptors (Lipinski definition) is 6. The summed E-state index contributed by atoms with van der Waals surface area (Å²) in [6.45, 7) is 0. The fourth-order valence-electron chi connectivity index (χ4n) is 1.24. The summed E-state index contributed by atoms with van der Waals surface area (Å²) < 4.78 is 6.21. The SMILES string of the molecule is COC(=O)c1cncc(Nc2ccn(C)n2)n1. The molecule has 0 atom stereocenters. The van der Waals surface area contributed by atoms with Gasteiger partial charge in [-0.05, 0) is 0 Å². The molecule has 7 nitrogen and oxygen atoms in total. The number of anilines is 2. The van der Waals surface area contributed by atoms with E-state index in [1.54, 1.807) is 16.9 Å². The van der Waals surface area contributed by atoms with Crippen molar-refractivity contribution in [2.75, 3.05) is 12.4 Å². The van der Waals surface area contributed by atoms with E-state index in [1.165, 1.54) is 19.5 Å². The van der Waals surface area contributed by atoms with E-state index in [0.717, 1.165) is 0 Å². The molecular weight excluding hydrogens is 222 g/mol. The molecule has 0 amide bonds. The number of rotatable bonds is 3. The van der Waals surface area contributed by atoms with E-state index in [-0.39, 0.29) is 5.69 Å². The highest BCUT2D eigenvalue weighted by Crippen LogP contribution is 2.10. The molecule has 1 N–H and O–H groups in total. The van der Waals surface area contributed by atoms with Gasteiger partial charge in [-0.25, -0.2) is 9.78 Å². The van der Waals surface area contributed by atoms with Crippen molar-refractivity contribution in [2.24, 2.45) is 7.05 Å². The number of aryl methyl sites for hydroxylation is 1. The largest absolute Gasteiger partial charge is 0.464 e. The van der Waals surface area contributed by atoms with Crippen molar-refractivity contribution < 1.29 is 9.53 Å². The summed E-state index contributed by atoms with van der Waals surface area (Å²) >= 11 is 0. The van der Waals surface area contributed by atoms with Crippen LogP contribution in [0.5, 0.6) is 0 Å². The fourth-order valence-corrected chi connectivity index (χ4v) is 1.24. The Labute approximate surface area is 97.5 Å². The summed E-state index contributed by atoms with van der Waals surface area (Å²) in [7, 11) is 3.10. The number of carbonyl (C=O) groups is 1. The van der Waals surface area contributed by atoms with E-state index in [9.17, 15) is 4.79 Å². The van der Waals surface area contributed by atoms with Crippen LogP contribution in [0.15, 0.2) is 24.7 Å². The number of carbonyl (C=O) groups excluding carboxylic acids is 1. The number of ether oxygens (including phenoxy) is 1. The zero-order valence-corrected chi connectivity index (χ0v) is 9.41. The molecule has 7 heteroatoms. The number of hydrogen-bond donors (Lipinski definition) is 1. The average Bonchev–Trinajstić information content (AvgIpc) is 2.74. The molecule has 2 rings (SSSR count). The van der Waals surface area contributed by atoms with Crippen LogP contribution in [-0.2, 0) is 11.8 Å².